The Morgan fingerprint density at radius 2 is 1.58 bits per heavy atom. The molecule has 1 rings (SSSR count). The van der Waals surface area contributed by atoms with E-state index in [-0.39, 0.29) is 5.41 Å². The molecule has 0 bridgehead atoms. The molecule has 0 aliphatic rings. The van der Waals surface area contributed by atoms with Crippen LogP contribution in [0.5, 0.6) is 0 Å². The van der Waals surface area contributed by atoms with Crippen molar-refractivity contribution in [2.24, 2.45) is 0 Å². The Hall–Kier alpha value is 0.180. The minimum absolute atomic E-state index is 0.210. The van der Waals surface area contributed by atoms with Crippen molar-refractivity contribution in [1.82, 2.24) is 0 Å². The van der Waals surface area contributed by atoms with E-state index in [0.29, 0.717) is 0 Å². The van der Waals surface area contributed by atoms with Crippen LogP contribution in [0, 0.1) is 0 Å². The number of hydrogen-bond acceptors (Lipinski definition) is 0. The van der Waals surface area contributed by atoms with Crippen LogP contribution >= 0.6 is 31.9 Å². The summed E-state index contributed by atoms with van der Waals surface area (Å²) in [6, 6.07) is 10.6. The molecule has 0 heterocycles. The van der Waals surface area contributed by atoms with Crippen LogP contribution in [0.1, 0.15) is 12.5 Å². The summed E-state index contributed by atoms with van der Waals surface area (Å²) >= 11 is 7.08. The molecule has 0 unspecified atom stereocenters. The summed E-state index contributed by atoms with van der Waals surface area (Å²) in [6.07, 6.45) is 0. The van der Waals surface area contributed by atoms with E-state index >= 15 is 0 Å². The Balaban J connectivity index is 2.95. The third-order valence-corrected chi connectivity index (χ3v) is 4.54. The van der Waals surface area contributed by atoms with Crippen LogP contribution in [-0.4, -0.2) is 10.7 Å². The highest BCUT2D eigenvalue weighted by Gasteiger charge is 2.23. The number of benzene rings is 1. The maximum absolute atomic E-state index is 3.54. The van der Waals surface area contributed by atoms with E-state index in [0.717, 1.165) is 10.7 Å². The second-order valence-corrected chi connectivity index (χ2v) is 4.32. The zero-order valence-electron chi connectivity index (χ0n) is 7.06. The van der Waals surface area contributed by atoms with Gasteiger partial charge < -0.3 is 0 Å². The molecular formula is C10H12Br2. The number of hydrogen-bond donors (Lipinski definition) is 0. The third kappa shape index (κ3) is 2.11. The van der Waals surface area contributed by atoms with Crippen molar-refractivity contribution in [1.29, 1.82) is 0 Å². The highest BCUT2D eigenvalue weighted by molar-refractivity contribution is 9.09. The van der Waals surface area contributed by atoms with Gasteiger partial charge in [-0.2, -0.15) is 0 Å². The Kier molecular flexibility index (Phi) is 3.78. The third-order valence-electron chi connectivity index (χ3n) is 2.06. The Morgan fingerprint density at radius 3 is 2.00 bits per heavy atom. The molecule has 1 aromatic rings. The molecule has 0 nitrogen and oxygen atoms in total. The molecule has 12 heavy (non-hydrogen) atoms. The Morgan fingerprint density at radius 1 is 1.08 bits per heavy atom. The minimum atomic E-state index is 0.210. The standard InChI is InChI=1S/C10H12Br2/c1-10(7-11,8-12)9-5-3-2-4-6-9/h2-6H,7-8H2,1H3. The molecule has 0 amide bonds. The van der Waals surface area contributed by atoms with Crippen LogP contribution in [0.15, 0.2) is 30.3 Å². The molecule has 2 heteroatoms. The molecule has 0 atom stereocenters. The van der Waals surface area contributed by atoms with Gasteiger partial charge in [-0.25, -0.2) is 0 Å². The molecular weight excluding hydrogens is 280 g/mol. The normalized spacial score (nSPS) is 11.6. The van der Waals surface area contributed by atoms with Crippen molar-refractivity contribution in [3.63, 3.8) is 0 Å². The van der Waals surface area contributed by atoms with E-state index in [4.69, 9.17) is 0 Å². The molecule has 0 aliphatic heterocycles. The van der Waals surface area contributed by atoms with Gasteiger partial charge in [0.1, 0.15) is 0 Å². The second kappa shape index (κ2) is 4.43. The highest BCUT2D eigenvalue weighted by Crippen LogP contribution is 2.27. The average Bonchev–Trinajstić information content (AvgIpc) is 2.18. The molecule has 66 valence electrons. The highest BCUT2D eigenvalue weighted by atomic mass is 79.9. The van der Waals surface area contributed by atoms with Crippen LogP contribution in [0.2, 0.25) is 0 Å². The number of alkyl halides is 2. The molecule has 0 aliphatic carbocycles. The molecule has 0 saturated heterocycles. The van der Waals surface area contributed by atoms with Crippen LogP contribution < -0.4 is 0 Å². The summed E-state index contributed by atoms with van der Waals surface area (Å²) in [4.78, 5) is 0. The second-order valence-electron chi connectivity index (χ2n) is 3.19. The topological polar surface area (TPSA) is 0 Å². The first kappa shape index (κ1) is 10.3. The summed E-state index contributed by atoms with van der Waals surface area (Å²) in [7, 11) is 0. The van der Waals surface area contributed by atoms with Crippen LogP contribution in [0.4, 0.5) is 0 Å². The van der Waals surface area contributed by atoms with Crippen LogP contribution in [-0.2, 0) is 5.41 Å². The smallest absolute Gasteiger partial charge is 0.0134 e. The van der Waals surface area contributed by atoms with E-state index < -0.39 is 0 Å². The lowest BCUT2D eigenvalue weighted by Crippen LogP contribution is -2.25. The van der Waals surface area contributed by atoms with Gasteiger partial charge in [-0.3, -0.25) is 0 Å². The minimum Gasteiger partial charge on any atom is -0.0918 e. The lowest BCUT2D eigenvalue weighted by molar-refractivity contribution is 0.623. The summed E-state index contributed by atoms with van der Waals surface area (Å²) < 4.78 is 0. The van der Waals surface area contributed by atoms with Gasteiger partial charge in [0.2, 0.25) is 0 Å². The first-order valence-corrected chi connectivity index (χ1v) is 6.15. The summed E-state index contributed by atoms with van der Waals surface area (Å²) in [5, 5.41) is 1.96. The van der Waals surface area contributed by atoms with Crippen LogP contribution in [0.3, 0.4) is 0 Å². The van der Waals surface area contributed by atoms with E-state index in [1.807, 2.05) is 6.07 Å². The zero-order chi connectivity index (χ0) is 9.03. The van der Waals surface area contributed by atoms with E-state index in [9.17, 15) is 0 Å². The van der Waals surface area contributed by atoms with Gasteiger partial charge in [0, 0.05) is 16.1 Å². The first-order chi connectivity index (χ1) is 5.73. The van der Waals surface area contributed by atoms with Gasteiger partial charge in [0.25, 0.3) is 0 Å². The fraction of sp³-hybridized carbons (Fsp3) is 0.400. The van der Waals surface area contributed by atoms with Crippen molar-refractivity contribution in [2.45, 2.75) is 12.3 Å². The molecule has 0 N–H and O–H groups in total. The molecule has 0 saturated carbocycles. The predicted octanol–water partition coefficient (Wildman–Crippen LogP) is 3.73. The molecule has 0 radical (unpaired) electrons. The predicted molar refractivity (Wildman–Crippen MR) is 61.4 cm³/mol. The monoisotopic (exact) mass is 290 g/mol. The molecule has 0 aromatic heterocycles. The van der Waals surface area contributed by atoms with Crippen molar-refractivity contribution >= 4 is 31.9 Å². The van der Waals surface area contributed by atoms with Crippen LogP contribution in [0.25, 0.3) is 0 Å². The van der Waals surface area contributed by atoms with Gasteiger partial charge in [0.15, 0.2) is 0 Å². The largest absolute Gasteiger partial charge is 0.0918 e. The number of halogens is 2. The zero-order valence-corrected chi connectivity index (χ0v) is 10.2. The average molecular weight is 292 g/mol. The maximum Gasteiger partial charge on any atom is 0.0134 e. The van der Waals surface area contributed by atoms with Gasteiger partial charge in [-0.1, -0.05) is 69.1 Å². The van der Waals surface area contributed by atoms with E-state index in [2.05, 4.69) is 63.0 Å². The maximum atomic E-state index is 3.54. The number of rotatable bonds is 3. The summed E-state index contributed by atoms with van der Waals surface area (Å²) in [5.74, 6) is 0. The SMILES string of the molecule is CC(CBr)(CBr)c1ccccc1. The Labute approximate surface area is 90.6 Å². The van der Waals surface area contributed by atoms with Gasteiger partial charge >= 0.3 is 0 Å². The van der Waals surface area contributed by atoms with Crippen molar-refractivity contribution in [3.8, 4) is 0 Å². The lowest BCUT2D eigenvalue weighted by Gasteiger charge is -2.25. The molecule has 1 aromatic carbocycles. The fourth-order valence-corrected chi connectivity index (χ4v) is 2.61. The summed E-state index contributed by atoms with van der Waals surface area (Å²) in [6.45, 7) is 2.24. The van der Waals surface area contributed by atoms with Crippen molar-refractivity contribution < 1.29 is 0 Å². The molecule has 0 spiro atoms. The summed E-state index contributed by atoms with van der Waals surface area (Å²) in [5.41, 5.74) is 1.58. The molecule has 0 fully saturated rings. The fourth-order valence-electron chi connectivity index (χ4n) is 1.03. The van der Waals surface area contributed by atoms with E-state index in [1.165, 1.54) is 5.56 Å². The van der Waals surface area contributed by atoms with Gasteiger partial charge in [-0.05, 0) is 5.56 Å². The Bertz CT molecular complexity index is 227. The van der Waals surface area contributed by atoms with Crippen molar-refractivity contribution in [3.05, 3.63) is 35.9 Å². The van der Waals surface area contributed by atoms with Crippen molar-refractivity contribution in [2.75, 3.05) is 10.7 Å². The van der Waals surface area contributed by atoms with E-state index in [1.54, 1.807) is 0 Å². The first-order valence-electron chi connectivity index (χ1n) is 3.90. The van der Waals surface area contributed by atoms with Gasteiger partial charge in [-0.15, -0.1) is 0 Å². The lowest BCUT2D eigenvalue weighted by atomic mass is 9.87. The van der Waals surface area contributed by atoms with Gasteiger partial charge in [0.05, 0.1) is 0 Å². The quantitative estimate of drug-likeness (QED) is 0.745.